The van der Waals surface area contributed by atoms with Gasteiger partial charge in [-0.2, -0.15) is 0 Å². The van der Waals surface area contributed by atoms with E-state index in [9.17, 15) is 4.79 Å². The molecular weight excluding hydrogens is 242 g/mol. The van der Waals surface area contributed by atoms with Crippen molar-refractivity contribution < 1.29 is 14.3 Å². The van der Waals surface area contributed by atoms with Crippen LogP contribution in [0.15, 0.2) is 24.3 Å². The van der Waals surface area contributed by atoms with E-state index >= 15 is 0 Å². The minimum Gasteiger partial charge on any atom is -0.494 e. The van der Waals surface area contributed by atoms with Gasteiger partial charge in [0.2, 0.25) is 0 Å². The number of amides is 1. The highest BCUT2D eigenvalue weighted by Crippen LogP contribution is 2.16. The first kappa shape index (κ1) is 13.9. The van der Waals surface area contributed by atoms with Crippen molar-refractivity contribution in [2.75, 3.05) is 13.2 Å². The Morgan fingerprint density at radius 3 is 2.79 bits per heavy atom. The molecule has 4 nitrogen and oxygen atoms in total. The fourth-order valence-corrected chi connectivity index (χ4v) is 2.25. The van der Waals surface area contributed by atoms with Gasteiger partial charge in [0.25, 0.3) is 5.91 Å². The molecule has 1 aromatic carbocycles. The molecule has 1 saturated heterocycles. The third-order valence-corrected chi connectivity index (χ3v) is 3.31. The van der Waals surface area contributed by atoms with Gasteiger partial charge in [0.15, 0.2) is 0 Å². The van der Waals surface area contributed by atoms with Crippen LogP contribution < -0.4 is 10.1 Å². The molecule has 19 heavy (non-hydrogen) atoms. The summed E-state index contributed by atoms with van der Waals surface area (Å²) in [6.07, 6.45) is 2.24. The summed E-state index contributed by atoms with van der Waals surface area (Å²) < 4.78 is 10.9. The highest BCUT2D eigenvalue weighted by molar-refractivity contribution is 5.94. The number of hydrogen-bond acceptors (Lipinski definition) is 3. The highest BCUT2D eigenvalue weighted by atomic mass is 16.5. The zero-order valence-electron chi connectivity index (χ0n) is 11.5. The molecule has 4 heteroatoms. The smallest absolute Gasteiger partial charge is 0.251 e. The largest absolute Gasteiger partial charge is 0.494 e. The Labute approximate surface area is 114 Å². The molecule has 2 rings (SSSR count). The Morgan fingerprint density at radius 2 is 2.21 bits per heavy atom. The van der Waals surface area contributed by atoms with Gasteiger partial charge in [-0.3, -0.25) is 4.79 Å². The van der Waals surface area contributed by atoms with Gasteiger partial charge in [-0.05, 0) is 51.0 Å². The lowest BCUT2D eigenvalue weighted by molar-refractivity contribution is 0.0712. The summed E-state index contributed by atoms with van der Waals surface area (Å²) in [5, 5.41) is 2.98. The first-order valence-corrected chi connectivity index (χ1v) is 6.86. The van der Waals surface area contributed by atoms with E-state index < -0.39 is 0 Å². The molecule has 1 heterocycles. The van der Waals surface area contributed by atoms with Gasteiger partial charge >= 0.3 is 0 Å². The molecule has 104 valence electrons. The summed E-state index contributed by atoms with van der Waals surface area (Å²) in [5.74, 6) is 0.720. The van der Waals surface area contributed by atoms with Crippen LogP contribution in [-0.2, 0) is 4.74 Å². The van der Waals surface area contributed by atoms with E-state index in [1.165, 1.54) is 0 Å². The van der Waals surface area contributed by atoms with Crippen LogP contribution in [0.25, 0.3) is 0 Å². The van der Waals surface area contributed by atoms with Crippen molar-refractivity contribution in [3.8, 4) is 5.75 Å². The van der Waals surface area contributed by atoms with E-state index in [2.05, 4.69) is 5.32 Å². The Hall–Kier alpha value is -1.55. The van der Waals surface area contributed by atoms with E-state index in [0.29, 0.717) is 12.2 Å². The maximum Gasteiger partial charge on any atom is 0.251 e. The number of ether oxygens (including phenoxy) is 2. The van der Waals surface area contributed by atoms with E-state index in [1.54, 1.807) is 12.1 Å². The van der Waals surface area contributed by atoms with Crippen LogP contribution in [0.1, 0.15) is 37.0 Å². The monoisotopic (exact) mass is 263 g/mol. The molecule has 0 saturated carbocycles. The fourth-order valence-electron chi connectivity index (χ4n) is 2.25. The number of carbonyl (C=O) groups excluding carboxylic acids is 1. The number of nitrogens with one attached hydrogen (secondary N) is 1. The average Bonchev–Trinajstić information content (AvgIpc) is 2.94. The lowest BCUT2D eigenvalue weighted by Crippen LogP contribution is -2.40. The zero-order valence-corrected chi connectivity index (χ0v) is 11.5. The maximum absolute atomic E-state index is 12.1. The summed E-state index contributed by atoms with van der Waals surface area (Å²) in [5.41, 5.74) is 0.647. The van der Waals surface area contributed by atoms with Crippen LogP contribution in [0.4, 0.5) is 0 Å². The molecule has 0 bridgehead atoms. The molecule has 1 aliphatic heterocycles. The van der Waals surface area contributed by atoms with Crippen molar-refractivity contribution in [2.24, 2.45) is 0 Å². The average molecular weight is 263 g/mol. The van der Waals surface area contributed by atoms with E-state index in [1.807, 2.05) is 26.0 Å². The lowest BCUT2D eigenvalue weighted by atomic mass is 10.1. The predicted octanol–water partition coefficient (Wildman–Crippen LogP) is 2.38. The first-order chi connectivity index (χ1) is 9.20. The SMILES string of the molecule is CCOc1ccc(C(=O)N[C@H](C)[C@H]2CCCO2)cc1. The van der Waals surface area contributed by atoms with Crippen LogP contribution in [0, 0.1) is 0 Å². The number of benzene rings is 1. The Kier molecular flexibility index (Phi) is 4.80. The highest BCUT2D eigenvalue weighted by Gasteiger charge is 2.23. The molecule has 1 N–H and O–H groups in total. The Balaban J connectivity index is 1.91. The van der Waals surface area contributed by atoms with E-state index in [4.69, 9.17) is 9.47 Å². The normalized spacial score (nSPS) is 20.0. The van der Waals surface area contributed by atoms with Gasteiger partial charge in [0.05, 0.1) is 18.8 Å². The fraction of sp³-hybridized carbons (Fsp3) is 0.533. The zero-order chi connectivity index (χ0) is 13.7. The third-order valence-electron chi connectivity index (χ3n) is 3.31. The number of rotatable bonds is 5. The van der Waals surface area contributed by atoms with Gasteiger partial charge in [0, 0.05) is 12.2 Å². The topological polar surface area (TPSA) is 47.6 Å². The molecule has 0 aliphatic carbocycles. The molecule has 1 aromatic rings. The molecular formula is C15H21NO3. The second-order valence-corrected chi connectivity index (χ2v) is 4.77. The maximum atomic E-state index is 12.1. The van der Waals surface area contributed by atoms with Crippen molar-refractivity contribution in [2.45, 2.75) is 38.8 Å². The number of carbonyl (C=O) groups is 1. The minimum atomic E-state index is -0.0638. The molecule has 0 aromatic heterocycles. The van der Waals surface area contributed by atoms with Crippen LogP contribution in [0.2, 0.25) is 0 Å². The summed E-state index contributed by atoms with van der Waals surface area (Å²) >= 11 is 0. The van der Waals surface area contributed by atoms with Crippen LogP contribution >= 0.6 is 0 Å². The Bertz CT molecular complexity index is 410. The summed E-state index contributed by atoms with van der Waals surface area (Å²) in [4.78, 5) is 12.1. The lowest BCUT2D eigenvalue weighted by Gasteiger charge is -2.20. The quantitative estimate of drug-likeness (QED) is 0.887. The molecule has 0 spiro atoms. The van der Waals surface area contributed by atoms with Gasteiger partial charge in [0.1, 0.15) is 5.75 Å². The predicted molar refractivity (Wildman–Crippen MR) is 73.5 cm³/mol. The van der Waals surface area contributed by atoms with Crippen LogP contribution in [0.3, 0.4) is 0 Å². The molecule has 2 atom stereocenters. The van der Waals surface area contributed by atoms with E-state index in [0.717, 1.165) is 25.2 Å². The standard InChI is InChI=1S/C15H21NO3/c1-3-18-13-8-6-12(7-9-13)15(17)16-11(2)14-5-4-10-19-14/h6-9,11,14H,3-5,10H2,1-2H3,(H,16,17)/t11-,14-/m1/s1. The van der Waals surface area contributed by atoms with E-state index in [-0.39, 0.29) is 18.1 Å². The second kappa shape index (κ2) is 6.57. The van der Waals surface area contributed by atoms with Gasteiger partial charge < -0.3 is 14.8 Å². The molecule has 0 radical (unpaired) electrons. The minimum absolute atomic E-state index is 0.0431. The van der Waals surface area contributed by atoms with Crippen LogP contribution in [0.5, 0.6) is 5.75 Å². The number of hydrogen-bond donors (Lipinski definition) is 1. The van der Waals surface area contributed by atoms with Crippen molar-refractivity contribution in [3.05, 3.63) is 29.8 Å². The summed E-state index contributed by atoms with van der Waals surface area (Å²) in [6, 6.07) is 7.23. The first-order valence-electron chi connectivity index (χ1n) is 6.86. The Morgan fingerprint density at radius 1 is 1.47 bits per heavy atom. The molecule has 0 unspecified atom stereocenters. The van der Waals surface area contributed by atoms with Crippen LogP contribution in [-0.4, -0.2) is 31.3 Å². The second-order valence-electron chi connectivity index (χ2n) is 4.77. The summed E-state index contributed by atoms with van der Waals surface area (Å²) in [6.45, 7) is 5.35. The molecule has 1 fully saturated rings. The third kappa shape index (κ3) is 3.70. The van der Waals surface area contributed by atoms with Gasteiger partial charge in [-0.1, -0.05) is 0 Å². The molecule has 1 aliphatic rings. The molecule has 1 amide bonds. The van der Waals surface area contributed by atoms with Crippen molar-refractivity contribution in [3.63, 3.8) is 0 Å². The van der Waals surface area contributed by atoms with Crippen molar-refractivity contribution in [1.29, 1.82) is 0 Å². The summed E-state index contributed by atoms with van der Waals surface area (Å²) in [7, 11) is 0. The van der Waals surface area contributed by atoms with Gasteiger partial charge in [-0.15, -0.1) is 0 Å². The van der Waals surface area contributed by atoms with Crippen molar-refractivity contribution >= 4 is 5.91 Å². The van der Waals surface area contributed by atoms with Crippen molar-refractivity contribution in [1.82, 2.24) is 5.32 Å². The van der Waals surface area contributed by atoms with Gasteiger partial charge in [-0.25, -0.2) is 0 Å².